The zero-order chi connectivity index (χ0) is 16.4. The van der Waals surface area contributed by atoms with Gasteiger partial charge in [-0.3, -0.25) is 9.59 Å². The molecule has 0 atom stereocenters. The molecule has 0 aliphatic heterocycles. The van der Waals surface area contributed by atoms with Gasteiger partial charge in [0.2, 0.25) is 0 Å². The molecule has 0 aromatic heterocycles. The minimum absolute atomic E-state index is 0.202. The molecule has 22 heavy (non-hydrogen) atoms. The Bertz CT molecular complexity index is 501. The minimum Gasteiger partial charge on any atom is -0.497 e. The number of amides is 1. The molecule has 6 nitrogen and oxygen atoms in total. The van der Waals surface area contributed by atoms with Crippen molar-refractivity contribution in [3.05, 3.63) is 23.8 Å². The van der Waals surface area contributed by atoms with Crippen LogP contribution in [-0.2, 0) is 4.79 Å². The molecule has 1 rings (SSSR count). The van der Waals surface area contributed by atoms with Gasteiger partial charge in [0.1, 0.15) is 11.5 Å². The van der Waals surface area contributed by atoms with Crippen LogP contribution in [-0.4, -0.2) is 37.7 Å². The minimum atomic E-state index is -0.765. The molecule has 0 spiro atoms. The molecule has 0 saturated carbocycles. The monoisotopic (exact) mass is 309 g/mol. The molecule has 2 N–H and O–H groups in total. The van der Waals surface area contributed by atoms with Crippen molar-refractivity contribution in [2.45, 2.75) is 32.1 Å². The molecule has 0 heterocycles. The second-order valence-electron chi connectivity index (χ2n) is 4.88. The molecular formula is C16H23NO5. The van der Waals surface area contributed by atoms with Crippen LogP contribution in [0.1, 0.15) is 42.5 Å². The smallest absolute Gasteiger partial charge is 0.303 e. The van der Waals surface area contributed by atoms with Crippen LogP contribution in [0.15, 0.2) is 18.2 Å². The van der Waals surface area contributed by atoms with Crippen molar-refractivity contribution in [1.29, 1.82) is 0 Å². The summed E-state index contributed by atoms with van der Waals surface area (Å²) in [6.45, 7) is 0.548. The molecule has 0 fully saturated rings. The fraction of sp³-hybridized carbons (Fsp3) is 0.500. The third-order valence-electron chi connectivity index (χ3n) is 3.25. The Labute approximate surface area is 130 Å². The van der Waals surface area contributed by atoms with Crippen molar-refractivity contribution in [3.8, 4) is 11.5 Å². The third kappa shape index (κ3) is 6.03. The highest BCUT2D eigenvalue weighted by Gasteiger charge is 2.12. The normalized spacial score (nSPS) is 10.1. The zero-order valence-electron chi connectivity index (χ0n) is 13.1. The van der Waals surface area contributed by atoms with Crippen LogP contribution in [0.2, 0.25) is 0 Å². The van der Waals surface area contributed by atoms with Crippen LogP contribution in [0.4, 0.5) is 0 Å². The fourth-order valence-electron chi connectivity index (χ4n) is 2.04. The average Bonchev–Trinajstić information content (AvgIpc) is 2.52. The molecule has 0 unspecified atom stereocenters. The lowest BCUT2D eigenvalue weighted by atomic mass is 10.1. The first kappa shape index (κ1) is 17.8. The standard InChI is InChI=1S/C16H23NO5/c1-21-12-8-9-14(22-2)13(11-12)16(20)17-10-6-4-3-5-7-15(18)19/h8-9,11H,3-7,10H2,1-2H3,(H,17,20)(H,18,19). The van der Waals surface area contributed by atoms with E-state index in [1.807, 2.05) is 0 Å². The number of nitrogens with one attached hydrogen (secondary N) is 1. The summed E-state index contributed by atoms with van der Waals surface area (Å²) in [5.74, 6) is 0.124. The highest BCUT2D eigenvalue weighted by atomic mass is 16.5. The van der Waals surface area contributed by atoms with E-state index < -0.39 is 5.97 Å². The van der Waals surface area contributed by atoms with Gasteiger partial charge < -0.3 is 19.9 Å². The Morgan fingerprint density at radius 1 is 1.09 bits per heavy atom. The van der Waals surface area contributed by atoms with E-state index in [0.717, 1.165) is 19.3 Å². The molecule has 0 aliphatic rings. The van der Waals surface area contributed by atoms with E-state index in [4.69, 9.17) is 14.6 Å². The second kappa shape index (κ2) is 9.65. The molecule has 6 heteroatoms. The number of methoxy groups -OCH3 is 2. The summed E-state index contributed by atoms with van der Waals surface area (Å²) >= 11 is 0. The molecule has 122 valence electrons. The van der Waals surface area contributed by atoms with Gasteiger partial charge in [0, 0.05) is 13.0 Å². The lowest BCUT2D eigenvalue weighted by molar-refractivity contribution is -0.137. The fourth-order valence-corrected chi connectivity index (χ4v) is 2.04. The van der Waals surface area contributed by atoms with Gasteiger partial charge in [-0.2, -0.15) is 0 Å². The number of carboxylic acids is 1. The lowest BCUT2D eigenvalue weighted by Crippen LogP contribution is -2.25. The number of benzene rings is 1. The van der Waals surface area contributed by atoms with Gasteiger partial charge in [0.05, 0.1) is 19.8 Å². The first-order valence-corrected chi connectivity index (χ1v) is 7.30. The largest absolute Gasteiger partial charge is 0.497 e. The van der Waals surface area contributed by atoms with Crippen LogP contribution in [0.3, 0.4) is 0 Å². The second-order valence-corrected chi connectivity index (χ2v) is 4.88. The summed E-state index contributed by atoms with van der Waals surface area (Å²) in [6.07, 6.45) is 3.44. The van der Waals surface area contributed by atoms with Crippen LogP contribution in [0, 0.1) is 0 Å². The number of hydrogen-bond acceptors (Lipinski definition) is 4. The lowest BCUT2D eigenvalue weighted by Gasteiger charge is -2.10. The van der Waals surface area contributed by atoms with E-state index in [9.17, 15) is 9.59 Å². The number of carboxylic acid groups (broad SMARTS) is 1. The SMILES string of the molecule is COc1ccc(OC)c(C(=O)NCCCCCCC(=O)O)c1. The summed E-state index contributed by atoms with van der Waals surface area (Å²) in [5, 5.41) is 11.4. The highest BCUT2D eigenvalue weighted by Crippen LogP contribution is 2.23. The number of ether oxygens (including phenoxy) is 2. The molecule has 1 amide bonds. The zero-order valence-corrected chi connectivity index (χ0v) is 13.1. The van der Waals surface area contributed by atoms with Crippen molar-refractivity contribution in [1.82, 2.24) is 5.32 Å². The molecule has 0 aliphatic carbocycles. The summed E-state index contributed by atoms with van der Waals surface area (Å²) in [6, 6.07) is 5.07. The third-order valence-corrected chi connectivity index (χ3v) is 3.25. The molecule has 0 radical (unpaired) electrons. The summed E-state index contributed by atoms with van der Waals surface area (Å²) in [4.78, 5) is 22.5. The van der Waals surface area contributed by atoms with Crippen LogP contribution >= 0.6 is 0 Å². The molecule has 1 aromatic carbocycles. The first-order chi connectivity index (χ1) is 10.6. The van der Waals surface area contributed by atoms with Gasteiger partial charge in [-0.25, -0.2) is 0 Å². The molecule has 1 aromatic rings. The van der Waals surface area contributed by atoms with E-state index in [-0.39, 0.29) is 12.3 Å². The Hall–Kier alpha value is -2.24. The summed E-state index contributed by atoms with van der Waals surface area (Å²) in [7, 11) is 3.06. The maximum atomic E-state index is 12.1. The Kier molecular flexibility index (Phi) is 7.81. The first-order valence-electron chi connectivity index (χ1n) is 7.30. The predicted octanol–water partition coefficient (Wildman–Crippen LogP) is 2.47. The van der Waals surface area contributed by atoms with Crippen LogP contribution < -0.4 is 14.8 Å². The van der Waals surface area contributed by atoms with E-state index in [2.05, 4.69) is 5.32 Å². The Balaban J connectivity index is 2.37. The van der Waals surface area contributed by atoms with Gasteiger partial charge in [-0.05, 0) is 31.0 Å². The van der Waals surface area contributed by atoms with E-state index in [1.165, 1.54) is 7.11 Å². The predicted molar refractivity (Wildman–Crippen MR) is 82.6 cm³/mol. The van der Waals surface area contributed by atoms with Crippen molar-refractivity contribution < 1.29 is 24.2 Å². The van der Waals surface area contributed by atoms with Gasteiger partial charge in [0.25, 0.3) is 5.91 Å². The quantitative estimate of drug-likeness (QED) is 0.649. The molecule has 0 bridgehead atoms. The van der Waals surface area contributed by atoms with Crippen LogP contribution in [0.5, 0.6) is 11.5 Å². The van der Waals surface area contributed by atoms with E-state index in [0.29, 0.717) is 30.0 Å². The Morgan fingerprint density at radius 3 is 2.45 bits per heavy atom. The maximum Gasteiger partial charge on any atom is 0.303 e. The van der Waals surface area contributed by atoms with E-state index in [1.54, 1.807) is 25.3 Å². The number of hydrogen-bond donors (Lipinski definition) is 2. The maximum absolute atomic E-state index is 12.1. The van der Waals surface area contributed by atoms with Crippen molar-refractivity contribution >= 4 is 11.9 Å². The van der Waals surface area contributed by atoms with Crippen molar-refractivity contribution in [3.63, 3.8) is 0 Å². The summed E-state index contributed by atoms with van der Waals surface area (Å²) < 4.78 is 10.3. The number of carbonyl (C=O) groups is 2. The highest BCUT2D eigenvalue weighted by molar-refractivity contribution is 5.97. The summed E-state index contributed by atoms with van der Waals surface area (Å²) in [5.41, 5.74) is 0.438. The van der Waals surface area contributed by atoms with Gasteiger partial charge >= 0.3 is 5.97 Å². The molecule has 0 saturated heterocycles. The average molecular weight is 309 g/mol. The van der Waals surface area contributed by atoms with E-state index >= 15 is 0 Å². The number of rotatable bonds is 10. The van der Waals surface area contributed by atoms with Gasteiger partial charge in [-0.15, -0.1) is 0 Å². The van der Waals surface area contributed by atoms with Gasteiger partial charge in [-0.1, -0.05) is 12.8 Å². The van der Waals surface area contributed by atoms with Crippen molar-refractivity contribution in [2.24, 2.45) is 0 Å². The number of aliphatic carboxylic acids is 1. The van der Waals surface area contributed by atoms with Crippen molar-refractivity contribution in [2.75, 3.05) is 20.8 Å². The molecular weight excluding hydrogens is 286 g/mol. The number of carbonyl (C=O) groups excluding carboxylic acids is 1. The van der Waals surface area contributed by atoms with Gasteiger partial charge in [0.15, 0.2) is 0 Å². The number of unbranched alkanes of at least 4 members (excludes halogenated alkanes) is 3. The van der Waals surface area contributed by atoms with Crippen LogP contribution in [0.25, 0.3) is 0 Å². The Morgan fingerprint density at radius 2 is 1.82 bits per heavy atom. The topological polar surface area (TPSA) is 84.9 Å².